The van der Waals surface area contributed by atoms with Gasteiger partial charge in [-0.05, 0) is 63.3 Å². The summed E-state index contributed by atoms with van der Waals surface area (Å²) in [5.74, 6) is 0. The van der Waals surface area contributed by atoms with Crippen LogP contribution in [-0.4, -0.2) is 34.1 Å². The molecule has 0 amide bonds. The molecule has 1 atom stereocenters. The molecule has 1 N–H and O–H groups in total. The first kappa shape index (κ1) is 11.9. The molecule has 1 aliphatic rings. The Morgan fingerprint density at radius 3 is 3.00 bits per heavy atom. The highest BCUT2D eigenvalue weighted by Crippen LogP contribution is 2.21. The Bertz CT molecular complexity index is 625. The van der Waals surface area contributed by atoms with Crippen LogP contribution in [0.2, 0.25) is 0 Å². The Kier molecular flexibility index (Phi) is 2.99. The van der Waals surface area contributed by atoms with Gasteiger partial charge >= 0.3 is 0 Å². The van der Waals surface area contributed by atoms with Crippen LogP contribution in [0.5, 0.6) is 0 Å². The van der Waals surface area contributed by atoms with Crippen molar-refractivity contribution in [3.8, 4) is 0 Å². The van der Waals surface area contributed by atoms with Crippen LogP contribution in [0.25, 0.3) is 11.0 Å². The third-order valence-corrected chi connectivity index (χ3v) is 4.32. The Balaban J connectivity index is 2.02. The van der Waals surface area contributed by atoms with Gasteiger partial charge < -0.3 is 14.5 Å². The normalized spacial score (nSPS) is 20.9. The molecule has 4 heteroatoms. The van der Waals surface area contributed by atoms with Gasteiger partial charge in [-0.2, -0.15) is 0 Å². The summed E-state index contributed by atoms with van der Waals surface area (Å²) in [6, 6.07) is 7.09. The number of hydrogen-bond acceptors (Lipinski definition) is 2. The lowest BCUT2D eigenvalue weighted by molar-refractivity contribution is 0.283. The zero-order chi connectivity index (χ0) is 12.7. The average molecular weight is 261 g/mol. The minimum atomic E-state index is 0.621. The minimum Gasteiger partial charge on any atom is -0.331 e. The van der Waals surface area contributed by atoms with E-state index in [1.165, 1.54) is 30.5 Å². The molecule has 2 heterocycles. The predicted octanol–water partition coefficient (Wildman–Crippen LogP) is 3.10. The van der Waals surface area contributed by atoms with Crippen molar-refractivity contribution in [1.82, 2.24) is 14.5 Å². The molecule has 1 aromatic heterocycles. The number of likely N-dealkylation sites (N-methyl/N-ethyl adjacent to an activating group) is 1. The largest absolute Gasteiger partial charge is 0.331 e. The summed E-state index contributed by atoms with van der Waals surface area (Å²) >= 11 is 5.46. The quantitative estimate of drug-likeness (QED) is 0.840. The highest BCUT2D eigenvalue weighted by molar-refractivity contribution is 7.71. The number of H-pyrrole nitrogens is 1. The number of hydrogen-bond donors (Lipinski definition) is 1. The second-order valence-corrected chi connectivity index (χ2v) is 5.72. The molecule has 0 saturated carbocycles. The molecule has 1 fully saturated rings. The summed E-state index contributed by atoms with van der Waals surface area (Å²) in [5.41, 5.74) is 3.66. The van der Waals surface area contributed by atoms with Gasteiger partial charge in [-0.1, -0.05) is 6.07 Å². The van der Waals surface area contributed by atoms with E-state index >= 15 is 0 Å². The van der Waals surface area contributed by atoms with Crippen LogP contribution < -0.4 is 0 Å². The number of aryl methyl sites for hydroxylation is 1. The standard InChI is InChI=1S/C14H19N3S/c1-10-5-6-12-13(8-10)17(14(18)15-12)9-11-4-3-7-16(11)2/h5-6,8,11H,3-4,7,9H2,1-2H3,(H,15,18). The number of likely N-dealkylation sites (tertiary alicyclic amines) is 1. The van der Waals surface area contributed by atoms with E-state index in [0.717, 1.165) is 16.8 Å². The summed E-state index contributed by atoms with van der Waals surface area (Å²) in [4.78, 5) is 5.74. The highest BCUT2D eigenvalue weighted by atomic mass is 32.1. The molecule has 3 nitrogen and oxygen atoms in total. The van der Waals surface area contributed by atoms with E-state index in [-0.39, 0.29) is 0 Å². The van der Waals surface area contributed by atoms with Gasteiger partial charge in [0.2, 0.25) is 0 Å². The van der Waals surface area contributed by atoms with Gasteiger partial charge in [0.15, 0.2) is 4.77 Å². The minimum absolute atomic E-state index is 0.621. The molecule has 1 unspecified atom stereocenters. The van der Waals surface area contributed by atoms with Crippen LogP contribution in [0.1, 0.15) is 18.4 Å². The van der Waals surface area contributed by atoms with Crippen molar-refractivity contribution in [3.63, 3.8) is 0 Å². The fraction of sp³-hybridized carbons (Fsp3) is 0.500. The molecule has 0 bridgehead atoms. The second-order valence-electron chi connectivity index (χ2n) is 5.34. The molecule has 2 aromatic rings. The van der Waals surface area contributed by atoms with Gasteiger partial charge in [0.25, 0.3) is 0 Å². The molecule has 18 heavy (non-hydrogen) atoms. The molecule has 1 aliphatic heterocycles. The highest BCUT2D eigenvalue weighted by Gasteiger charge is 2.22. The smallest absolute Gasteiger partial charge is 0.178 e. The molecular formula is C14H19N3S. The van der Waals surface area contributed by atoms with Gasteiger partial charge in [-0.25, -0.2) is 0 Å². The van der Waals surface area contributed by atoms with E-state index < -0.39 is 0 Å². The van der Waals surface area contributed by atoms with Crippen LogP contribution in [0, 0.1) is 11.7 Å². The molecule has 1 aromatic carbocycles. The molecule has 0 aliphatic carbocycles. The predicted molar refractivity (Wildman–Crippen MR) is 77.5 cm³/mol. The zero-order valence-corrected chi connectivity index (χ0v) is 11.8. The van der Waals surface area contributed by atoms with Crippen LogP contribution in [0.4, 0.5) is 0 Å². The van der Waals surface area contributed by atoms with E-state index in [1.54, 1.807) is 0 Å². The lowest BCUT2D eigenvalue weighted by Gasteiger charge is -2.20. The number of benzene rings is 1. The third-order valence-electron chi connectivity index (χ3n) is 4.00. The van der Waals surface area contributed by atoms with Crippen LogP contribution in [-0.2, 0) is 6.54 Å². The number of rotatable bonds is 2. The number of nitrogens with zero attached hydrogens (tertiary/aromatic N) is 2. The first-order valence-electron chi connectivity index (χ1n) is 6.54. The number of aromatic amines is 1. The first-order chi connectivity index (χ1) is 8.65. The molecule has 3 rings (SSSR count). The van der Waals surface area contributed by atoms with Crippen molar-refractivity contribution in [2.45, 2.75) is 32.4 Å². The van der Waals surface area contributed by atoms with Gasteiger partial charge in [0.05, 0.1) is 11.0 Å². The van der Waals surface area contributed by atoms with E-state index in [2.05, 4.69) is 46.6 Å². The second kappa shape index (κ2) is 4.52. The molecular weight excluding hydrogens is 242 g/mol. The van der Waals surface area contributed by atoms with Crippen molar-refractivity contribution < 1.29 is 0 Å². The van der Waals surface area contributed by atoms with Gasteiger partial charge in [-0.15, -0.1) is 0 Å². The van der Waals surface area contributed by atoms with Crippen molar-refractivity contribution >= 4 is 23.3 Å². The lowest BCUT2D eigenvalue weighted by Crippen LogP contribution is -2.29. The van der Waals surface area contributed by atoms with Crippen LogP contribution in [0.15, 0.2) is 18.2 Å². The summed E-state index contributed by atoms with van der Waals surface area (Å²) in [5, 5.41) is 0. The molecule has 0 spiro atoms. The topological polar surface area (TPSA) is 24.0 Å². The average Bonchev–Trinajstić information content (AvgIpc) is 2.86. The van der Waals surface area contributed by atoms with Crippen molar-refractivity contribution in [2.24, 2.45) is 0 Å². The Hall–Kier alpha value is -1.13. The fourth-order valence-corrected chi connectivity index (χ4v) is 3.15. The lowest BCUT2D eigenvalue weighted by atomic mass is 10.2. The van der Waals surface area contributed by atoms with Crippen molar-refractivity contribution in [2.75, 3.05) is 13.6 Å². The summed E-state index contributed by atoms with van der Waals surface area (Å²) in [6.07, 6.45) is 2.58. The fourth-order valence-electron chi connectivity index (χ4n) is 2.86. The summed E-state index contributed by atoms with van der Waals surface area (Å²) in [7, 11) is 2.21. The van der Waals surface area contributed by atoms with E-state index in [1.807, 2.05) is 0 Å². The van der Waals surface area contributed by atoms with Gasteiger partial charge in [0.1, 0.15) is 0 Å². The molecule has 1 saturated heterocycles. The van der Waals surface area contributed by atoms with E-state index in [9.17, 15) is 0 Å². The SMILES string of the molecule is Cc1ccc2[nH]c(=S)n(CC3CCCN3C)c2c1. The Labute approximate surface area is 112 Å². The van der Waals surface area contributed by atoms with E-state index in [4.69, 9.17) is 12.2 Å². The van der Waals surface area contributed by atoms with Crippen LogP contribution >= 0.6 is 12.2 Å². The van der Waals surface area contributed by atoms with Gasteiger partial charge in [0, 0.05) is 12.6 Å². The van der Waals surface area contributed by atoms with Crippen molar-refractivity contribution in [1.29, 1.82) is 0 Å². The third kappa shape index (κ3) is 1.99. The summed E-state index contributed by atoms with van der Waals surface area (Å²) < 4.78 is 3.10. The van der Waals surface area contributed by atoms with Crippen molar-refractivity contribution in [3.05, 3.63) is 28.5 Å². The maximum absolute atomic E-state index is 5.46. The number of aromatic nitrogens is 2. The Morgan fingerprint density at radius 2 is 2.28 bits per heavy atom. The number of fused-ring (bicyclic) bond motifs is 1. The first-order valence-corrected chi connectivity index (χ1v) is 6.95. The number of nitrogens with one attached hydrogen (secondary N) is 1. The van der Waals surface area contributed by atoms with Gasteiger partial charge in [-0.3, -0.25) is 0 Å². The molecule has 96 valence electrons. The Morgan fingerprint density at radius 1 is 1.44 bits per heavy atom. The molecule has 0 radical (unpaired) electrons. The maximum atomic E-state index is 5.46. The monoisotopic (exact) mass is 261 g/mol. The number of imidazole rings is 1. The zero-order valence-electron chi connectivity index (χ0n) is 10.9. The summed E-state index contributed by atoms with van der Waals surface area (Å²) in [6.45, 7) is 4.33. The maximum Gasteiger partial charge on any atom is 0.178 e. The van der Waals surface area contributed by atoms with E-state index in [0.29, 0.717) is 6.04 Å². The van der Waals surface area contributed by atoms with Crippen LogP contribution in [0.3, 0.4) is 0 Å².